The quantitative estimate of drug-likeness (QED) is 0.934. The standard InChI is InChI=1S/C16H21N5/c1-2-13-6-8-14(9-7-13)18-15-12-17-20-16(19-15)21-10-4-3-5-11-21/h6-9,12H,2-5,10-11H2,1H3,(H,18,19,20). The zero-order valence-corrected chi connectivity index (χ0v) is 12.4. The minimum absolute atomic E-state index is 0.727. The van der Waals surface area contributed by atoms with Gasteiger partial charge in [0, 0.05) is 18.8 Å². The van der Waals surface area contributed by atoms with Crippen LogP contribution in [0.5, 0.6) is 0 Å². The van der Waals surface area contributed by atoms with Crippen LogP contribution in [0, 0.1) is 0 Å². The van der Waals surface area contributed by atoms with Gasteiger partial charge in [0.25, 0.3) is 0 Å². The Morgan fingerprint density at radius 3 is 2.57 bits per heavy atom. The molecule has 2 heterocycles. The molecule has 1 aromatic carbocycles. The van der Waals surface area contributed by atoms with Crippen molar-refractivity contribution in [3.8, 4) is 0 Å². The largest absolute Gasteiger partial charge is 0.339 e. The number of aryl methyl sites for hydroxylation is 1. The number of benzene rings is 1. The van der Waals surface area contributed by atoms with Crippen LogP contribution >= 0.6 is 0 Å². The van der Waals surface area contributed by atoms with Gasteiger partial charge in [0.05, 0.1) is 6.20 Å². The summed E-state index contributed by atoms with van der Waals surface area (Å²) >= 11 is 0. The Kier molecular flexibility index (Phi) is 4.28. The third-order valence-corrected chi connectivity index (χ3v) is 3.82. The topological polar surface area (TPSA) is 53.9 Å². The molecule has 3 rings (SSSR count). The van der Waals surface area contributed by atoms with Crippen LogP contribution in [0.25, 0.3) is 0 Å². The molecule has 1 aromatic heterocycles. The first-order chi connectivity index (χ1) is 10.3. The van der Waals surface area contributed by atoms with Gasteiger partial charge in [-0.3, -0.25) is 0 Å². The van der Waals surface area contributed by atoms with Gasteiger partial charge in [0.15, 0.2) is 5.82 Å². The summed E-state index contributed by atoms with van der Waals surface area (Å²) in [6.07, 6.45) is 6.43. The van der Waals surface area contributed by atoms with Crippen molar-refractivity contribution in [3.63, 3.8) is 0 Å². The summed E-state index contributed by atoms with van der Waals surface area (Å²) in [7, 11) is 0. The van der Waals surface area contributed by atoms with Crippen LogP contribution in [-0.4, -0.2) is 28.3 Å². The van der Waals surface area contributed by atoms with Gasteiger partial charge in [-0.2, -0.15) is 10.1 Å². The van der Waals surface area contributed by atoms with E-state index in [4.69, 9.17) is 0 Å². The van der Waals surface area contributed by atoms with Gasteiger partial charge >= 0.3 is 0 Å². The van der Waals surface area contributed by atoms with E-state index in [-0.39, 0.29) is 0 Å². The van der Waals surface area contributed by atoms with Gasteiger partial charge in [-0.25, -0.2) is 0 Å². The van der Waals surface area contributed by atoms with E-state index in [2.05, 4.69) is 56.6 Å². The molecule has 0 spiro atoms. The summed E-state index contributed by atoms with van der Waals surface area (Å²) in [4.78, 5) is 6.79. The van der Waals surface area contributed by atoms with Crippen molar-refractivity contribution < 1.29 is 0 Å². The Bertz CT molecular complexity index is 575. The number of nitrogens with one attached hydrogen (secondary N) is 1. The van der Waals surface area contributed by atoms with Crippen molar-refractivity contribution in [1.29, 1.82) is 0 Å². The maximum atomic E-state index is 4.58. The number of nitrogens with zero attached hydrogens (tertiary/aromatic N) is 4. The third-order valence-electron chi connectivity index (χ3n) is 3.82. The van der Waals surface area contributed by atoms with Crippen molar-refractivity contribution in [3.05, 3.63) is 36.0 Å². The predicted molar refractivity (Wildman–Crippen MR) is 85.0 cm³/mol. The molecule has 0 aliphatic carbocycles. The van der Waals surface area contributed by atoms with E-state index in [0.29, 0.717) is 0 Å². The van der Waals surface area contributed by atoms with Crippen LogP contribution in [0.3, 0.4) is 0 Å². The molecule has 0 saturated carbocycles. The molecule has 2 aromatic rings. The molecule has 1 fully saturated rings. The molecule has 0 amide bonds. The molecule has 1 aliphatic rings. The molecule has 1 N–H and O–H groups in total. The van der Waals surface area contributed by atoms with Crippen LogP contribution in [0.1, 0.15) is 31.7 Å². The minimum Gasteiger partial charge on any atom is -0.339 e. The fourth-order valence-electron chi connectivity index (χ4n) is 2.55. The van der Waals surface area contributed by atoms with Gasteiger partial charge in [0.1, 0.15) is 0 Å². The first-order valence-electron chi connectivity index (χ1n) is 7.66. The van der Waals surface area contributed by atoms with Gasteiger partial charge in [-0.05, 0) is 43.4 Å². The van der Waals surface area contributed by atoms with Crippen LogP contribution in [0.2, 0.25) is 0 Å². The van der Waals surface area contributed by atoms with E-state index in [1.807, 2.05) is 0 Å². The van der Waals surface area contributed by atoms with Crippen molar-refractivity contribution in [2.24, 2.45) is 0 Å². The van der Waals surface area contributed by atoms with Crippen molar-refractivity contribution in [1.82, 2.24) is 15.2 Å². The lowest BCUT2D eigenvalue weighted by molar-refractivity contribution is 0.565. The molecule has 110 valence electrons. The smallest absolute Gasteiger partial charge is 0.247 e. The Morgan fingerprint density at radius 1 is 1.10 bits per heavy atom. The second kappa shape index (κ2) is 6.52. The zero-order valence-electron chi connectivity index (χ0n) is 12.4. The van der Waals surface area contributed by atoms with Crippen LogP contribution in [-0.2, 0) is 6.42 Å². The SMILES string of the molecule is CCc1ccc(Nc2cnnc(N3CCCCC3)n2)cc1. The number of aromatic nitrogens is 3. The summed E-state index contributed by atoms with van der Waals surface area (Å²) < 4.78 is 0. The Labute approximate surface area is 125 Å². The molecule has 21 heavy (non-hydrogen) atoms. The van der Waals surface area contributed by atoms with Crippen LogP contribution in [0.15, 0.2) is 30.5 Å². The van der Waals surface area contributed by atoms with Crippen molar-refractivity contribution in [2.45, 2.75) is 32.6 Å². The average molecular weight is 283 g/mol. The highest BCUT2D eigenvalue weighted by Crippen LogP contribution is 2.19. The van der Waals surface area contributed by atoms with Gasteiger partial charge in [0.2, 0.25) is 5.95 Å². The van der Waals surface area contributed by atoms with E-state index < -0.39 is 0 Å². The highest BCUT2D eigenvalue weighted by molar-refractivity contribution is 5.56. The number of hydrogen-bond acceptors (Lipinski definition) is 5. The number of piperidine rings is 1. The van der Waals surface area contributed by atoms with E-state index in [9.17, 15) is 0 Å². The van der Waals surface area contributed by atoms with Crippen LogP contribution < -0.4 is 10.2 Å². The molecule has 5 nitrogen and oxygen atoms in total. The summed E-state index contributed by atoms with van der Waals surface area (Å²) in [5.74, 6) is 1.47. The van der Waals surface area contributed by atoms with Crippen molar-refractivity contribution >= 4 is 17.5 Å². The van der Waals surface area contributed by atoms with Gasteiger partial charge in [-0.15, -0.1) is 5.10 Å². The highest BCUT2D eigenvalue weighted by Gasteiger charge is 2.14. The maximum Gasteiger partial charge on any atom is 0.247 e. The first-order valence-corrected chi connectivity index (χ1v) is 7.66. The fraction of sp³-hybridized carbons (Fsp3) is 0.438. The van der Waals surface area contributed by atoms with Gasteiger partial charge in [-0.1, -0.05) is 19.1 Å². The maximum absolute atomic E-state index is 4.58. The molecular weight excluding hydrogens is 262 g/mol. The Balaban J connectivity index is 1.72. The lowest BCUT2D eigenvalue weighted by atomic mass is 10.1. The Morgan fingerprint density at radius 2 is 1.86 bits per heavy atom. The lowest BCUT2D eigenvalue weighted by Crippen LogP contribution is -2.31. The second-order valence-corrected chi connectivity index (χ2v) is 5.36. The molecule has 1 aliphatic heterocycles. The molecule has 0 unspecified atom stereocenters. The lowest BCUT2D eigenvalue weighted by Gasteiger charge is -2.26. The normalized spacial score (nSPS) is 15.0. The van der Waals surface area contributed by atoms with Crippen molar-refractivity contribution in [2.75, 3.05) is 23.3 Å². The zero-order chi connectivity index (χ0) is 14.5. The molecule has 0 radical (unpaired) electrons. The first kappa shape index (κ1) is 13.8. The summed E-state index contributed by atoms with van der Waals surface area (Å²) in [6, 6.07) is 8.40. The highest BCUT2D eigenvalue weighted by atomic mass is 15.3. The monoisotopic (exact) mass is 283 g/mol. The fourth-order valence-corrected chi connectivity index (χ4v) is 2.55. The molecule has 5 heteroatoms. The summed E-state index contributed by atoms with van der Waals surface area (Å²) in [5, 5.41) is 11.5. The summed E-state index contributed by atoms with van der Waals surface area (Å²) in [6.45, 7) is 4.20. The third kappa shape index (κ3) is 3.48. The molecular formula is C16H21N5. The molecule has 0 atom stereocenters. The van der Waals surface area contributed by atoms with E-state index in [0.717, 1.165) is 37.0 Å². The van der Waals surface area contributed by atoms with E-state index >= 15 is 0 Å². The molecule has 0 bridgehead atoms. The van der Waals surface area contributed by atoms with Crippen LogP contribution in [0.4, 0.5) is 17.5 Å². The Hall–Kier alpha value is -2.17. The minimum atomic E-state index is 0.727. The second-order valence-electron chi connectivity index (χ2n) is 5.36. The molecule has 1 saturated heterocycles. The predicted octanol–water partition coefficient (Wildman–Crippen LogP) is 3.17. The average Bonchev–Trinajstić information content (AvgIpc) is 2.57. The van der Waals surface area contributed by atoms with E-state index in [1.54, 1.807) is 6.20 Å². The number of hydrogen-bond donors (Lipinski definition) is 1. The number of anilines is 3. The van der Waals surface area contributed by atoms with Gasteiger partial charge < -0.3 is 10.2 Å². The summed E-state index contributed by atoms with van der Waals surface area (Å²) in [5.41, 5.74) is 2.35. The van der Waals surface area contributed by atoms with E-state index in [1.165, 1.54) is 24.8 Å². The number of rotatable bonds is 4.